The predicted octanol–water partition coefficient (Wildman–Crippen LogP) is 4.98. The molecule has 0 saturated heterocycles. The molecular formula is C17H18F3NO. The van der Waals surface area contributed by atoms with Gasteiger partial charge in [0.2, 0.25) is 0 Å². The third-order valence-corrected chi connectivity index (χ3v) is 3.16. The molecule has 0 aliphatic rings. The molecule has 0 fully saturated rings. The molecule has 0 aliphatic heterocycles. The van der Waals surface area contributed by atoms with Crippen LogP contribution in [0.1, 0.15) is 37.6 Å². The summed E-state index contributed by atoms with van der Waals surface area (Å²) in [5.41, 5.74) is 0.669. The van der Waals surface area contributed by atoms with Crippen molar-refractivity contribution < 1.29 is 17.9 Å². The average Bonchev–Trinajstić information content (AvgIpc) is 2.44. The van der Waals surface area contributed by atoms with E-state index >= 15 is 0 Å². The summed E-state index contributed by atoms with van der Waals surface area (Å²) in [6.07, 6.45) is -2.75. The van der Waals surface area contributed by atoms with E-state index in [1.54, 1.807) is 18.3 Å². The first-order chi connectivity index (χ1) is 10.2. The Morgan fingerprint density at radius 1 is 1.05 bits per heavy atom. The van der Waals surface area contributed by atoms with Crippen molar-refractivity contribution in [3.63, 3.8) is 0 Å². The lowest BCUT2D eigenvalue weighted by Gasteiger charge is -2.17. The fraction of sp³-hybridized carbons (Fsp3) is 0.353. The predicted molar refractivity (Wildman–Crippen MR) is 78.7 cm³/mol. The SMILES string of the molecule is CC(C)(C)c1ccc(OCc2cccc(C(F)(F)F)c2)cn1. The zero-order valence-corrected chi connectivity index (χ0v) is 12.7. The summed E-state index contributed by atoms with van der Waals surface area (Å²) < 4.78 is 43.4. The molecule has 1 aromatic carbocycles. The molecule has 1 aromatic heterocycles. The van der Waals surface area contributed by atoms with Crippen LogP contribution in [0.3, 0.4) is 0 Å². The molecule has 22 heavy (non-hydrogen) atoms. The van der Waals surface area contributed by atoms with Crippen molar-refractivity contribution in [3.05, 3.63) is 59.4 Å². The maximum Gasteiger partial charge on any atom is 0.416 e. The highest BCUT2D eigenvalue weighted by Crippen LogP contribution is 2.29. The second kappa shape index (κ2) is 5.99. The number of nitrogens with zero attached hydrogens (tertiary/aromatic N) is 1. The van der Waals surface area contributed by atoms with Gasteiger partial charge in [-0.1, -0.05) is 32.9 Å². The summed E-state index contributed by atoms with van der Waals surface area (Å²) in [4.78, 5) is 4.31. The maximum atomic E-state index is 12.6. The smallest absolute Gasteiger partial charge is 0.416 e. The van der Waals surface area contributed by atoms with E-state index < -0.39 is 11.7 Å². The lowest BCUT2D eigenvalue weighted by Crippen LogP contribution is -2.13. The van der Waals surface area contributed by atoms with Crippen LogP contribution in [0.5, 0.6) is 5.75 Å². The molecule has 5 heteroatoms. The van der Waals surface area contributed by atoms with Gasteiger partial charge in [-0.3, -0.25) is 4.98 Å². The van der Waals surface area contributed by atoms with Crippen LogP contribution in [0.25, 0.3) is 0 Å². The average molecular weight is 309 g/mol. The molecule has 0 N–H and O–H groups in total. The van der Waals surface area contributed by atoms with Crippen LogP contribution in [0.2, 0.25) is 0 Å². The number of pyridine rings is 1. The van der Waals surface area contributed by atoms with Crippen LogP contribution >= 0.6 is 0 Å². The summed E-state index contributed by atoms with van der Waals surface area (Å²) >= 11 is 0. The number of hydrogen-bond donors (Lipinski definition) is 0. The van der Waals surface area contributed by atoms with Crippen molar-refractivity contribution in [1.29, 1.82) is 0 Å². The Balaban J connectivity index is 2.04. The van der Waals surface area contributed by atoms with E-state index in [2.05, 4.69) is 25.8 Å². The molecule has 0 radical (unpaired) electrons. The van der Waals surface area contributed by atoms with Gasteiger partial charge in [0, 0.05) is 11.1 Å². The summed E-state index contributed by atoms with van der Waals surface area (Å²) in [7, 11) is 0. The van der Waals surface area contributed by atoms with E-state index in [1.807, 2.05) is 6.07 Å². The molecule has 118 valence electrons. The van der Waals surface area contributed by atoms with E-state index in [-0.39, 0.29) is 12.0 Å². The molecule has 0 saturated carbocycles. The molecular weight excluding hydrogens is 291 g/mol. The minimum Gasteiger partial charge on any atom is -0.487 e. The zero-order chi connectivity index (χ0) is 16.4. The van der Waals surface area contributed by atoms with Crippen LogP contribution in [-0.2, 0) is 18.2 Å². The third kappa shape index (κ3) is 4.23. The highest BCUT2D eigenvalue weighted by molar-refractivity contribution is 5.27. The van der Waals surface area contributed by atoms with Crippen molar-refractivity contribution >= 4 is 0 Å². The van der Waals surface area contributed by atoms with Gasteiger partial charge in [-0.15, -0.1) is 0 Å². The standard InChI is InChI=1S/C17H18F3NO/c1-16(2,3)15-8-7-14(10-21-15)22-11-12-5-4-6-13(9-12)17(18,19)20/h4-10H,11H2,1-3H3. The monoisotopic (exact) mass is 309 g/mol. The van der Waals surface area contributed by atoms with E-state index in [0.29, 0.717) is 11.3 Å². The Kier molecular flexibility index (Phi) is 4.44. The first-order valence-electron chi connectivity index (χ1n) is 6.92. The van der Waals surface area contributed by atoms with E-state index in [9.17, 15) is 13.2 Å². The number of benzene rings is 1. The zero-order valence-electron chi connectivity index (χ0n) is 12.7. The molecule has 0 bridgehead atoms. The third-order valence-electron chi connectivity index (χ3n) is 3.16. The van der Waals surface area contributed by atoms with Crippen LogP contribution in [0, 0.1) is 0 Å². The molecule has 2 rings (SSSR count). The van der Waals surface area contributed by atoms with Crippen LogP contribution in [0.4, 0.5) is 13.2 Å². The van der Waals surface area contributed by atoms with E-state index in [0.717, 1.165) is 17.8 Å². The molecule has 0 amide bonds. The first kappa shape index (κ1) is 16.3. The van der Waals surface area contributed by atoms with Gasteiger partial charge < -0.3 is 4.74 Å². The summed E-state index contributed by atoms with van der Waals surface area (Å²) in [6, 6.07) is 8.76. The Morgan fingerprint density at radius 3 is 2.32 bits per heavy atom. The quantitative estimate of drug-likeness (QED) is 0.798. The van der Waals surface area contributed by atoms with E-state index in [4.69, 9.17) is 4.74 Å². The minimum absolute atomic E-state index is 0.0560. The molecule has 0 spiro atoms. The molecule has 0 aliphatic carbocycles. The Morgan fingerprint density at radius 2 is 1.77 bits per heavy atom. The number of alkyl halides is 3. The maximum absolute atomic E-state index is 12.6. The van der Waals surface area contributed by atoms with Crippen molar-refractivity contribution in [2.45, 2.75) is 39.0 Å². The van der Waals surface area contributed by atoms with Crippen LogP contribution in [-0.4, -0.2) is 4.98 Å². The van der Waals surface area contributed by atoms with Crippen LogP contribution in [0.15, 0.2) is 42.6 Å². The van der Waals surface area contributed by atoms with E-state index in [1.165, 1.54) is 6.07 Å². The topological polar surface area (TPSA) is 22.1 Å². The molecule has 2 aromatic rings. The molecule has 0 unspecified atom stereocenters. The number of aromatic nitrogens is 1. The molecule has 0 atom stereocenters. The van der Waals surface area contributed by atoms with Gasteiger partial charge in [0.15, 0.2) is 0 Å². The number of rotatable bonds is 3. The number of ether oxygens (including phenoxy) is 1. The minimum atomic E-state index is -4.34. The Labute approximate surface area is 128 Å². The van der Waals surface area contributed by atoms with Gasteiger partial charge in [0.1, 0.15) is 12.4 Å². The lowest BCUT2D eigenvalue weighted by atomic mass is 9.92. The number of hydrogen-bond acceptors (Lipinski definition) is 2. The fourth-order valence-corrected chi connectivity index (χ4v) is 1.91. The van der Waals surface area contributed by atoms with Gasteiger partial charge >= 0.3 is 6.18 Å². The largest absolute Gasteiger partial charge is 0.487 e. The van der Waals surface area contributed by atoms with Gasteiger partial charge in [-0.25, -0.2) is 0 Å². The summed E-state index contributed by atoms with van der Waals surface area (Å²) in [6.45, 7) is 6.23. The van der Waals surface area contributed by atoms with Crippen molar-refractivity contribution in [1.82, 2.24) is 4.98 Å². The Hall–Kier alpha value is -2.04. The van der Waals surface area contributed by atoms with Gasteiger partial charge in [-0.2, -0.15) is 13.2 Å². The van der Waals surface area contributed by atoms with Gasteiger partial charge in [-0.05, 0) is 29.8 Å². The molecule has 2 nitrogen and oxygen atoms in total. The number of halogens is 3. The highest BCUT2D eigenvalue weighted by atomic mass is 19.4. The highest BCUT2D eigenvalue weighted by Gasteiger charge is 2.30. The summed E-state index contributed by atoms with van der Waals surface area (Å²) in [5, 5.41) is 0. The summed E-state index contributed by atoms with van der Waals surface area (Å²) in [5.74, 6) is 0.533. The molecule has 1 heterocycles. The fourth-order valence-electron chi connectivity index (χ4n) is 1.91. The first-order valence-corrected chi connectivity index (χ1v) is 6.92. The van der Waals surface area contributed by atoms with Crippen molar-refractivity contribution in [3.8, 4) is 5.75 Å². The Bertz CT molecular complexity index is 628. The van der Waals surface area contributed by atoms with Crippen molar-refractivity contribution in [2.24, 2.45) is 0 Å². The van der Waals surface area contributed by atoms with Gasteiger partial charge in [0.05, 0.1) is 11.8 Å². The second-order valence-corrected chi connectivity index (χ2v) is 6.12. The van der Waals surface area contributed by atoms with Crippen molar-refractivity contribution in [2.75, 3.05) is 0 Å². The normalized spacial score (nSPS) is 12.3. The van der Waals surface area contributed by atoms with Crippen LogP contribution < -0.4 is 4.74 Å². The lowest BCUT2D eigenvalue weighted by molar-refractivity contribution is -0.137. The second-order valence-electron chi connectivity index (χ2n) is 6.12. The van der Waals surface area contributed by atoms with Gasteiger partial charge in [0.25, 0.3) is 0 Å².